The fourth-order valence-corrected chi connectivity index (χ4v) is 11.0. The molecule has 4 aliphatic rings. The highest BCUT2D eigenvalue weighted by Crippen LogP contribution is 2.38. The van der Waals surface area contributed by atoms with Crippen LogP contribution in [0.15, 0.2) is 52.8 Å². The Hall–Kier alpha value is -3.81. The maximum Gasteiger partial charge on any atom is 0.344 e. The molecule has 3 aliphatic heterocycles. The SMILES string of the molecule is CCO[C@@H]1C[C@@H]([C@H](C)C[C@@H]2CC[C@@H](O)[C@H](OC)C2)OC(=O)[C@@H]2CCCCN2C(=O)C(=O)[C@]2(O)O[C@@H](CC[C@H]2C)C[C@H](OC)/C(C)=C/C=C/C=C/[C@@H](C)C[C@@H](C)/C(=N/OCC(=O)O)[C@H](OC)[C@H](O)/C(C)=C/[C@H]1C. The number of carbonyl (C=O) groups excluding carboxylic acids is 3. The number of rotatable bonds is 11. The Bertz CT molecular complexity index is 1920. The van der Waals surface area contributed by atoms with Gasteiger partial charge < -0.3 is 58.6 Å². The van der Waals surface area contributed by atoms with E-state index in [1.54, 1.807) is 28.1 Å². The number of amides is 1. The summed E-state index contributed by atoms with van der Waals surface area (Å²) in [6.45, 7) is 15.0. The Morgan fingerprint density at radius 3 is 2.29 bits per heavy atom. The number of aliphatic carboxylic acids is 1. The van der Waals surface area contributed by atoms with E-state index in [0.29, 0.717) is 75.7 Å². The van der Waals surface area contributed by atoms with Gasteiger partial charge in [-0.3, -0.25) is 9.59 Å². The Balaban J connectivity index is 1.79. The Kier molecular flexibility index (Phi) is 24.7. The van der Waals surface area contributed by atoms with Crippen LogP contribution in [0.1, 0.15) is 132 Å². The first-order chi connectivity index (χ1) is 34.2. The second-order valence-corrected chi connectivity index (χ2v) is 21.0. The van der Waals surface area contributed by atoms with Crippen LogP contribution in [0.25, 0.3) is 0 Å². The molecule has 0 spiro atoms. The molecule has 16 atom stereocenters. The van der Waals surface area contributed by atoms with E-state index in [1.165, 1.54) is 12.0 Å². The summed E-state index contributed by atoms with van der Waals surface area (Å²) >= 11 is 0. The standard InChI is InChI=1S/C55H88N2O15/c1-12-69-45-31-46(36(5)28-40-22-24-43(58)47(29-40)67-10)71-54(64)42-20-16-17-25-57(42)53(63)52(62)55(65)39(8)21-23-41(72-55)30-44(66-9)34(3)19-15-13-14-18-33(2)26-37(6)49(56-70-32-48(59)60)51(68-11)50(61)38(7)27-35(45)4/h13-15,18-19,27,33,35-37,39-47,50-51,58,61,65H,12,16-17,20-26,28-32H2,1-11H3,(H,59,60)/b15-13+,18-14+,34-19+,38-27+,56-49-/t33-,35-,36-,37-,39-,40+,41+,42+,43-,44+,45-,46+,47-,50-,51+,55-/m1/s1. The Morgan fingerprint density at radius 2 is 1.62 bits per heavy atom. The number of ketones is 1. The molecule has 17 nitrogen and oxygen atoms in total. The molecule has 0 aromatic carbocycles. The predicted molar refractivity (Wildman–Crippen MR) is 272 cm³/mol. The lowest BCUT2D eigenvalue weighted by atomic mass is 9.78. The molecule has 1 amide bonds. The number of carboxylic acids is 1. The van der Waals surface area contributed by atoms with Crippen molar-refractivity contribution in [1.82, 2.24) is 4.90 Å². The lowest BCUT2D eigenvalue weighted by Gasteiger charge is -2.43. The Labute approximate surface area is 428 Å². The number of aliphatic hydroxyl groups excluding tert-OH is 2. The Morgan fingerprint density at radius 1 is 0.889 bits per heavy atom. The molecule has 2 saturated heterocycles. The van der Waals surface area contributed by atoms with Crippen LogP contribution < -0.4 is 0 Å². The minimum absolute atomic E-state index is 0.0101. The minimum Gasteiger partial charge on any atom is -0.479 e. The number of hydrogen-bond donors (Lipinski definition) is 4. The van der Waals surface area contributed by atoms with Gasteiger partial charge in [0, 0.05) is 65.1 Å². The van der Waals surface area contributed by atoms with Gasteiger partial charge in [0.25, 0.3) is 11.7 Å². The normalized spacial score (nSPS) is 39.1. The highest BCUT2D eigenvalue weighted by molar-refractivity contribution is 6.39. The van der Waals surface area contributed by atoms with Crippen molar-refractivity contribution in [3.05, 3.63) is 47.6 Å². The summed E-state index contributed by atoms with van der Waals surface area (Å²) in [5, 5.41) is 48.3. The van der Waals surface area contributed by atoms with Gasteiger partial charge in [-0.05, 0) is 114 Å². The number of ether oxygens (including phenoxy) is 6. The number of oxime groups is 1. The zero-order valence-electron chi connectivity index (χ0n) is 44.9. The van der Waals surface area contributed by atoms with E-state index in [-0.39, 0.29) is 55.1 Å². The van der Waals surface area contributed by atoms with Crippen LogP contribution >= 0.6 is 0 Å². The van der Waals surface area contributed by atoms with Crippen LogP contribution in [0.4, 0.5) is 0 Å². The third-order valence-corrected chi connectivity index (χ3v) is 15.4. The predicted octanol–water partition coefficient (Wildman–Crippen LogP) is 6.90. The van der Waals surface area contributed by atoms with Gasteiger partial charge in [0.15, 0.2) is 0 Å². The number of carbonyl (C=O) groups is 4. The molecule has 0 radical (unpaired) electrons. The fourth-order valence-electron chi connectivity index (χ4n) is 11.0. The summed E-state index contributed by atoms with van der Waals surface area (Å²) < 4.78 is 36.6. The lowest BCUT2D eigenvalue weighted by molar-refractivity contribution is -0.265. The van der Waals surface area contributed by atoms with E-state index in [4.69, 9.17) is 33.3 Å². The summed E-state index contributed by atoms with van der Waals surface area (Å²) in [6, 6.07) is -1.09. The smallest absolute Gasteiger partial charge is 0.344 e. The molecule has 1 saturated carbocycles. The summed E-state index contributed by atoms with van der Waals surface area (Å²) in [5.41, 5.74) is 1.75. The van der Waals surface area contributed by atoms with E-state index >= 15 is 0 Å². The first kappa shape index (κ1) is 60.7. The maximum atomic E-state index is 14.7. The fraction of sp³-hybridized carbons (Fsp3) is 0.764. The van der Waals surface area contributed by atoms with E-state index in [0.717, 1.165) is 12.0 Å². The summed E-state index contributed by atoms with van der Waals surface area (Å²) in [4.78, 5) is 61.4. The van der Waals surface area contributed by atoms with E-state index in [1.807, 2.05) is 78.0 Å². The van der Waals surface area contributed by atoms with Crippen LogP contribution in [0, 0.1) is 35.5 Å². The zero-order chi connectivity index (χ0) is 53.3. The molecule has 17 heteroatoms. The highest BCUT2D eigenvalue weighted by Gasteiger charge is 2.53. The van der Waals surface area contributed by atoms with E-state index in [2.05, 4.69) is 5.16 Å². The van der Waals surface area contributed by atoms with Gasteiger partial charge in [0.05, 0.1) is 36.2 Å². The number of nitrogens with zero attached hydrogens (tertiary/aromatic N) is 2. The minimum atomic E-state index is -2.42. The molecule has 0 unspecified atom stereocenters. The second-order valence-electron chi connectivity index (χ2n) is 21.0. The number of hydrogen-bond acceptors (Lipinski definition) is 15. The molecule has 3 fully saturated rings. The van der Waals surface area contributed by atoms with Gasteiger partial charge in [0.2, 0.25) is 12.4 Å². The third-order valence-electron chi connectivity index (χ3n) is 15.4. The van der Waals surface area contributed by atoms with Crippen LogP contribution in [-0.4, -0.2) is 156 Å². The molecule has 4 rings (SSSR count). The van der Waals surface area contributed by atoms with Gasteiger partial charge in [-0.2, -0.15) is 0 Å². The average Bonchev–Trinajstić information content (AvgIpc) is 3.35. The van der Waals surface area contributed by atoms with Crippen LogP contribution in [0.5, 0.6) is 0 Å². The number of Topliss-reactive ketones (excluding diaryl/α,β-unsaturated/α-hetero) is 1. The van der Waals surface area contributed by atoms with Crippen LogP contribution in [-0.2, 0) is 52.4 Å². The number of allylic oxidation sites excluding steroid dienone is 5. The molecular weight excluding hydrogens is 929 g/mol. The number of methoxy groups -OCH3 is 3. The van der Waals surface area contributed by atoms with Crippen molar-refractivity contribution in [2.24, 2.45) is 40.7 Å². The quantitative estimate of drug-likeness (QED) is 0.0714. The lowest BCUT2D eigenvalue weighted by Crippen LogP contribution is -2.61. The first-order valence-corrected chi connectivity index (χ1v) is 26.3. The van der Waals surface area contributed by atoms with Crippen molar-refractivity contribution < 1.29 is 72.9 Å². The van der Waals surface area contributed by atoms with Crippen LogP contribution in [0.3, 0.4) is 0 Å². The monoisotopic (exact) mass is 1020 g/mol. The van der Waals surface area contributed by atoms with Crippen molar-refractivity contribution in [2.75, 3.05) is 41.1 Å². The molecule has 72 heavy (non-hydrogen) atoms. The molecule has 4 N–H and O–H groups in total. The maximum absolute atomic E-state index is 14.7. The summed E-state index contributed by atoms with van der Waals surface area (Å²) in [5.74, 6) is -7.82. The average molecular weight is 1020 g/mol. The van der Waals surface area contributed by atoms with Crippen molar-refractivity contribution in [1.29, 1.82) is 0 Å². The van der Waals surface area contributed by atoms with Crippen molar-refractivity contribution >= 4 is 29.3 Å². The van der Waals surface area contributed by atoms with Gasteiger partial charge >= 0.3 is 11.9 Å². The summed E-state index contributed by atoms with van der Waals surface area (Å²) in [7, 11) is 4.63. The topological polar surface area (TPSA) is 229 Å². The second kappa shape index (κ2) is 29.3. The molecule has 408 valence electrons. The number of piperidine rings is 1. The van der Waals surface area contributed by atoms with Crippen molar-refractivity contribution in [3.63, 3.8) is 0 Å². The largest absolute Gasteiger partial charge is 0.479 e. The molecule has 1 aliphatic carbocycles. The highest BCUT2D eigenvalue weighted by atomic mass is 16.6. The van der Waals surface area contributed by atoms with Crippen molar-refractivity contribution in [3.8, 4) is 0 Å². The number of aliphatic hydroxyl groups is 3. The van der Waals surface area contributed by atoms with Gasteiger partial charge in [-0.1, -0.05) is 76.2 Å². The van der Waals surface area contributed by atoms with Gasteiger partial charge in [-0.25, -0.2) is 9.59 Å². The van der Waals surface area contributed by atoms with E-state index in [9.17, 15) is 39.6 Å². The molecule has 0 aromatic heterocycles. The van der Waals surface area contributed by atoms with Gasteiger partial charge in [-0.15, -0.1) is 0 Å². The molecule has 3 heterocycles. The number of esters is 1. The third kappa shape index (κ3) is 16.9. The van der Waals surface area contributed by atoms with E-state index < -0.39 is 90.7 Å². The van der Waals surface area contributed by atoms with Gasteiger partial charge in [0.1, 0.15) is 24.4 Å². The molecular formula is C55H88N2O15. The number of fused-ring (bicyclic) bond motifs is 3. The van der Waals surface area contributed by atoms with Crippen LogP contribution in [0.2, 0.25) is 0 Å². The molecule has 2 bridgehead atoms. The first-order valence-electron chi connectivity index (χ1n) is 26.3. The molecule has 0 aromatic rings. The zero-order valence-corrected chi connectivity index (χ0v) is 44.9. The van der Waals surface area contributed by atoms with Crippen molar-refractivity contribution in [2.45, 2.75) is 193 Å². The number of carboxylic acid groups (broad SMARTS) is 1. The summed E-state index contributed by atoms with van der Waals surface area (Å²) in [6.07, 6.45) is 12.2. The number of cyclic esters (lactones) is 1.